The molecule has 1 aliphatic rings. The molecule has 0 aliphatic carbocycles. The maximum absolute atomic E-state index is 2.40. The van der Waals surface area contributed by atoms with E-state index in [0.29, 0.717) is 0 Å². The van der Waals surface area contributed by atoms with Gasteiger partial charge in [0.15, 0.2) is 0 Å². The molecule has 0 amide bonds. The molecule has 0 saturated heterocycles. The van der Waals surface area contributed by atoms with E-state index >= 15 is 0 Å². The van der Waals surface area contributed by atoms with Gasteiger partial charge in [-0.2, -0.15) is 0 Å². The maximum Gasteiger partial charge on any atom is 0.0207 e. The molecule has 1 heteroatoms. The summed E-state index contributed by atoms with van der Waals surface area (Å²) in [5, 5.41) is 10.7. The van der Waals surface area contributed by atoms with Crippen molar-refractivity contribution in [3.63, 3.8) is 0 Å². The largest absolute Gasteiger partial charge is 0.0888 e. The van der Waals surface area contributed by atoms with Crippen molar-refractivity contribution in [3.05, 3.63) is 109 Å². The van der Waals surface area contributed by atoms with Crippen LogP contribution < -0.4 is 0 Å². The van der Waals surface area contributed by atoms with E-state index in [2.05, 4.69) is 109 Å². The summed E-state index contributed by atoms with van der Waals surface area (Å²) in [4.78, 5) is 2.69. The summed E-state index contributed by atoms with van der Waals surface area (Å²) in [5.41, 5.74) is 5.27. The van der Waals surface area contributed by atoms with Crippen LogP contribution in [-0.4, -0.2) is 0 Å². The Balaban J connectivity index is 1.43. The van der Waals surface area contributed by atoms with Gasteiger partial charge in [0.1, 0.15) is 0 Å². The third-order valence-corrected chi connectivity index (χ3v) is 8.33. The van der Waals surface area contributed by atoms with Crippen LogP contribution in [0.25, 0.3) is 65.3 Å². The molecule has 0 radical (unpaired) electrons. The molecule has 0 unspecified atom stereocenters. The smallest absolute Gasteiger partial charge is 0.0207 e. The summed E-state index contributed by atoms with van der Waals surface area (Å²) in [6.45, 7) is 0. The Bertz CT molecular complexity index is 1870. The Kier molecular flexibility index (Phi) is 3.42. The van der Waals surface area contributed by atoms with Gasteiger partial charge in [0.05, 0.1) is 0 Å². The first-order valence-electron chi connectivity index (χ1n) is 11.4. The fourth-order valence-corrected chi connectivity index (χ4v) is 6.85. The van der Waals surface area contributed by atoms with Crippen molar-refractivity contribution >= 4 is 54.9 Å². The number of benzene rings is 7. The maximum atomic E-state index is 2.40. The van der Waals surface area contributed by atoms with Crippen LogP contribution in [0.2, 0.25) is 0 Å². The summed E-state index contributed by atoms with van der Waals surface area (Å²) in [5.74, 6) is 0. The van der Waals surface area contributed by atoms with Crippen molar-refractivity contribution in [2.45, 2.75) is 9.79 Å². The lowest BCUT2D eigenvalue weighted by Crippen LogP contribution is -1.94. The van der Waals surface area contributed by atoms with Gasteiger partial charge in [-0.25, -0.2) is 0 Å². The molecule has 152 valence electrons. The average molecular weight is 435 g/mol. The molecule has 0 saturated carbocycles. The monoisotopic (exact) mass is 434 g/mol. The molecule has 1 heterocycles. The topological polar surface area (TPSA) is 0 Å². The van der Waals surface area contributed by atoms with E-state index < -0.39 is 0 Å². The van der Waals surface area contributed by atoms with Crippen LogP contribution >= 0.6 is 11.8 Å². The Morgan fingerprint density at radius 2 is 1.06 bits per heavy atom. The molecule has 8 rings (SSSR count). The van der Waals surface area contributed by atoms with Crippen LogP contribution in [0, 0.1) is 0 Å². The lowest BCUT2D eigenvalue weighted by molar-refractivity contribution is 1.40. The van der Waals surface area contributed by atoms with E-state index in [4.69, 9.17) is 0 Å². The summed E-state index contributed by atoms with van der Waals surface area (Å²) >= 11 is 1.89. The lowest BCUT2D eigenvalue weighted by atomic mass is 9.88. The number of fused-ring (bicyclic) bond motifs is 2. The minimum absolute atomic E-state index is 1.28. The predicted octanol–water partition coefficient (Wildman–Crippen LogP) is 9.54. The molecule has 7 aromatic carbocycles. The van der Waals surface area contributed by atoms with Gasteiger partial charge in [-0.3, -0.25) is 0 Å². The quantitative estimate of drug-likeness (QED) is 0.232. The molecule has 33 heavy (non-hydrogen) atoms. The zero-order valence-electron chi connectivity index (χ0n) is 17.8. The van der Waals surface area contributed by atoms with Crippen molar-refractivity contribution < 1.29 is 0 Å². The molecule has 0 spiro atoms. The fraction of sp³-hybridized carbons (Fsp3) is 0. The van der Waals surface area contributed by atoms with Crippen LogP contribution in [-0.2, 0) is 0 Å². The molecule has 0 aromatic heterocycles. The van der Waals surface area contributed by atoms with E-state index in [0.717, 1.165) is 0 Å². The van der Waals surface area contributed by atoms with E-state index in [1.54, 1.807) is 0 Å². The molecular formula is C32H18S. The SMILES string of the molecule is c1cc2c3c(cccc3c1)-c1cc(-c3ccc4ccc5cccc6ccc3c4c56)ccc1S2. The standard InChI is InChI=1S/C32H18S/c1-4-20-10-11-22-12-15-24(26-16-13-21(5-1)30(20)32(22)26)23-14-17-28-27(18-23)25-8-2-6-19-7-3-9-29(33-28)31(19)25/h1-18H. The van der Waals surface area contributed by atoms with Gasteiger partial charge in [0.25, 0.3) is 0 Å². The van der Waals surface area contributed by atoms with Gasteiger partial charge in [-0.05, 0) is 78.2 Å². The molecule has 0 bridgehead atoms. The number of hydrogen-bond acceptors (Lipinski definition) is 1. The van der Waals surface area contributed by atoms with Crippen LogP contribution in [0.1, 0.15) is 0 Å². The normalized spacial score (nSPS) is 12.7. The highest BCUT2D eigenvalue weighted by Gasteiger charge is 2.20. The molecule has 7 aromatic rings. The molecule has 0 N–H and O–H groups in total. The van der Waals surface area contributed by atoms with Crippen LogP contribution in [0.3, 0.4) is 0 Å². The fourth-order valence-electron chi connectivity index (χ4n) is 5.72. The second-order valence-electron chi connectivity index (χ2n) is 8.94. The summed E-state index contributed by atoms with van der Waals surface area (Å²) in [6, 6.07) is 40.6. The van der Waals surface area contributed by atoms with Gasteiger partial charge in [-0.15, -0.1) is 0 Å². The minimum Gasteiger partial charge on any atom is -0.0888 e. The van der Waals surface area contributed by atoms with Gasteiger partial charge < -0.3 is 0 Å². The first-order chi connectivity index (χ1) is 16.3. The minimum atomic E-state index is 1.28. The highest BCUT2D eigenvalue weighted by molar-refractivity contribution is 7.99. The molecular weight excluding hydrogens is 416 g/mol. The number of rotatable bonds is 1. The zero-order chi connectivity index (χ0) is 21.5. The first kappa shape index (κ1) is 17.7. The Hall–Kier alpha value is -3.81. The lowest BCUT2D eigenvalue weighted by Gasteiger charge is -2.21. The highest BCUT2D eigenvalue weighted by atomic mass is 32.2. The average Bonchev–Trinajstić information content (AvgIpc) is 2.87. The van der Waals surface area contributed by atoms with Crippen LogP contribution in [0.15, 0.2) is 119 Å². The van der Waals surface area contributed by atoms with Gasteiger partial charge >= 0.3 is 0 Å². The summed E-state index contributed by atoms with van der Waals surface area (Å²) in [7, 11) is 0. The summed E-state index contributed by atoms with van der Waals surface area (Å²) in [6.07, 6.45) is 0. The predicted molar refractivity (Wildman–Crippen MR) is 143 cm³/mol. The second kappa shape index (κ2) is 6.37. The third-order valence-electron chi connectivity index (χ3n) is 7.20. The van der Waals surface area contributed by atoms with Crippen molar-refractivity contribution in [1.29, 1.82) is 0 Å². The molecule has 0 fully saturated rings. The van der Waals surface area contributed by atoms with E-state index in [1.807, 2.05) is 11.8 Å². The van der Waals surface area contributed by atoms with Crippen molar-refractivity contribution in [3.8, 4) is 22.3 Å². The van der Waals surface area contributed by atoms with E-state index in [9.17, 15) is 0 Å². The van der Waals surface area contributed by atoms with Crippen molar-refractivity contribution in [2.75, 3.05) is 0 Å². The van der Waals surface area contributed by atoms with Gasteiger partial charge in [0, 0.05) is 15.2 Å². The van der Waals surface area contributed by atoms with Gasteiger partial charge in [0.2, 0.25) is 0 Å². The third kappa shape index (κ3) is 2.38. The first-order valence-corrected chi connectivity index (χ1v) is 12.2. The van der Waals surface area contributed by atoms with Crippen LogP contribution in [0.4, 0.5) is 0 Å². The number of hydrogen-bond donors (Lipinski definition) is 0. The van der Waals surface area contributed by atoms with Gasteiger partial charge in [-0.1, -0.05) is 103 Å². The molecule has 0 nitrogen and oxygen atoms in total. The van der Waals surface area contributed by atoms with E-state index in [-0.39, 0.29) is 0 Å². The van der Waals surface area contributed by atoms with Crippen molar-refractivity contribution in [1.82, 2.24) is 0 Å². The summed E-state index contributed by atoms with van der Waals surface area (Å²) < 4.78 is 0. The Labute approximate surface area is 195 Å². The Morgan fingerprint density at radius 1 is 0.394 bits per heavy atom. The van der Waals surface area contributed by atoms with E-state index in [1.165, 1.54) is 75.1 Å². The Morgan fingerprint density at radius 3 is 1.91 bits per heavy atom. The molecule has 1 aliphatic heterocycles. The second-order valence-corrected chi connectivity index (χ2v) is 10.0. The van der Waals surface area contributed by atoms with Crippen LogP contribution in [0.5, 0.6) is 0 Å². The van der Waals surface area contributed by atoms with Crippen molar-refractivity contribution in [2.24, 2.45) is 0 Å². The molecule has 0 atom stereocenters. The zero-order valence-corrected chi connectivity index (χ0v) is 18.6. The highest BCUT2D eigenvalue weighted by Crippen LogP contribution is 2.49.